The van der Waals surface area contributed by atoms with E-state index in [1.54, 1.807) is 0 Å². The molecule has 1 rings (SSSR count). The number of hydrogen-bond acceptors (Lipinski definition) is 2. The first-order chi connectivity index (χ1) is 5.99. The number of carbonyl (C=O) groups is 1. The second kappa shape index (κ2) is 3.66. The van der Waals surface area contributed by atoms with E-state index >= 15 is 0 Å². The van der Waals surface area contributed by atoms with Crippen LogP contribution in [0.2, 0.25) is 0 Å². The Morgan fingerprint density at radius 3 is 2.62 bits per heavy atom. The minimum atomic E-state index is -0.0302. The van der Waals surface area contributed by atoms with E-state index in [1.165, 1.54) is 0 Å². The minimum absolute atomic E-state index is 0.0302. The molecule has 1 saturated heterocycles. The molecule has 0 aromatic carbocycles. The van der Waals surface area contributed by atoms with E-state index in [1.807, 2.05) is 11.8 Å². The molecule has 1 atom stereocenters. The van der Waals surface area contributed by atoms with Crippen molar-refractivity contribution in [1.82, 2.24) is 4.90 Å². The molecule has 1 aliphatic heterocycles. The van der Waals surface area contributed by atoms with E-state index in [0.717, 1.165) is 19.4 Å². The van der Waals surface area contributed by atoms with Crippen LogP contribution in [0.1, 0.15) is 33.6 Å². The normalized spacial score (nSPS) is 23.2. The predicted octanol–water partition coefficient (Wildman–Crippen LogP) is 0.982. The highest BCUT2D eigenvalue weighted by atomic mass is 16.2. The third kappa shape index (κ3) is 2.02. The van der Waals surface area contributed by atoms with Crippen LogP contribution in [-0.4, -0.2) is 29.4 Å². The number of hydrogen-bond donors (Lipinski definition) is 1. The predicted molar refractivity (Wildman–Crippen MR) is 53.2 cm³/mol. The molecule has 0 aromatic rings. The first-order valence-corrected chi connectivity index (χ1v) is 5.00. The van der Waals surface area contributed by atoms with Gasteiger partial charge in [-0.05, 0) is 26.7 Å². The molecule has 0 aliphatic carbocycles. The van der Waals surface area contributed by atoms with Crippen LogP contribution in [0.4, 0.5) is 0 Å². The monoisotopic (exact) mass is 184 g/mol. The van der Waals surface area contributed by atoms with Gasteiger partial charge >= 0.3 is 0 Å². The van der Waals surface area contributed by atoms with Crippen molar-refractivity contribution in [2.24, 2.45) is 11.7 Å². The maximum Gasteiger partial charge on any atom is 0.227 e. The minimum Gasteiger partial charge on any atom is -0.337 e. The molecule has 0 bridgehead atoms. The summed E-state index contributed by atoms with van der Waals surface area (Å²) in [7, 11) is 0. The van der Waals surface area contributed by atoms with E-state index in [0.29, 0.717) is 6.54 Å². The topological polar surface area (TPSA) is 46.3 Å². The Labute approximate surface area is 80.3 Å². The summed E-state index contributed by atoms with van der Waals surface area (Å²) < 4.78 is 0. The molecule has 1 aliphatic rings. The van der Waals surface area contributed by atoms with E-state index in [9.17, 15) is 4.79 Å². The number of carbonyl (C=O) groups excluding carboxylic acids is 1. The average Bonchev–Trinajstić information content (AvgIpc) is 2.42. The van der Waals surface area contributed by atoms with Crippen LogP contribution in [0.3, 0.4) is 0 Å². The summed E-state index contributed by atoms with van der Waals surface area (Å²) in [6.45, 7) is 7.50. The fourth-order valence-electron chi connectivity index (χ4n) is 1.88. The van der Waals surface area contributed by atoms with Crippen molar-refractivity contribution in [2.45, 2.75) is 39.2 Å². The smallest absolute Gasteiger partial charge is 0.227 e. The average molecular weight is 184 g/mol. The van der Waals surface area contributed by atoms with Gasteiger partial charge in [0.05, 0.1) is 0 Å². The van der Waals surface area contributed by atoms with Gasteiger partial charge < -0.3 is 10.6 Å². The van der Waals surface area contributed by atoms with Gasteiger partial charge in [-0.3, -0.25) is 4.79 Å². The largest absolute Gasteiger partial charge is 0.337 e. The maximum atomic E-state index is 11.8. The quantitative estimate of drug-likeness (QED) is 0.695. The number of nitrogens with two attached hydrogens (primary N) is 1. The Morgan fingerprint density at radius 1 is 1.62 bits per heavy atom. The Kier molecular flexibility index (Phi) is 2.96. The Balaban J connectivity index is 2.66. The molecule has 3 heteroatoms. The zero-order valence-electron chi connectivity index (χ0n) is 8.84. The summed E-state index contributed by atoms with van der Waals surface area (Å²) in [5.41, 5.74) is 5.52. The summed E-state index contributed by atoms with van der Waals surface area (Å²) in [4.78, 5) is 13.8. The molecule has 76 valence electrons. The fourth-order valence-corrected chi connectivity index (χ4v) is 1.88. The van der Waals surface area contributed by atoms with E-state index in [-0.39, 0.29) is 17.4 Å². The highest BCUT2D eigenvalue weighted by molar-refractivity contribution is 5.79. The van der Waals surface area contributed by atoms with Crippen LogP contribution in [0.5, 0.6) is 0 Å². The Bertz CT molecular complexity index is 201. The van der Waals surface area contributed by atoms with Gasteiger partial charge in [0.25, 0.3) is 0 Å². The molecule has 0 spiro atoms. The van der Waals surface area contributed by atoms with E-state index in [4.69, 9.17) is 5.73 Å². The number of amides is 1. The molecular formula is C10H20N2O. The van der Waals surface area contributed by atoms with E-state index < -0.39 is 0 Å². The first-order valence-electron chi connectivity index (χ1n) is 5.00. The second-order valence-corrected chi connectivity index (χ2v) is 4.54. The lowest BCUT2D eigenvalue weighted by atomic mass is 10.0. The SMILES string of the molecule is CC(CN)C(=O)N1CCCC1(C)C. The zero-order valence-corrected chi connectivity index (χ0v) is 8.84. The molecule has 0 aromatic heterocycles. The van der Waals surface area contributed by atoms with Crippen molar-refractivity contribution in [3.05, 3.63) is 0 Å². The summed E-state index contributed by atoms with van der Waals surface area (Å²) in [5, 5.41) is 0. The van der Waals surface area contributed by atoms with Gasteiger partial charge in [-0.2, -0.15) is 0 Å². The summed E-state index contributed by atoms with van der Waals surface area (Å²) in [6, 6.07) is 0. The molecule has 0 saturated carbocycles. The summed E-state index contributed by atoms with van der Waals surface area (Å²) in [5.74, 6) is 0.183. The molecule has 13 heavy (non-hydrogen) atoms. The van der Waals surface area contributed by atoms with Crippen LogP contribution >= 0.6 is 0 Å². The third-order valence-electron chi connectivity index (χ3n) is 2.94. The number of nitrogens with zero attached hydrogens (tertiary/aromatic N) is 1. The van der Waals surface area contributed by atoms with Crippen molar-refractivity contribution in [1.29, 1.82) is 0 Å². The van der Waals surface area contributed by atoms with Gasteiger partial charge in [-0.25, -0.2) is 0 Å². The van der Waals surface area contributed by atoms with Gasteiger partial charge in [-0.1, -0.05) is 6.92 Å². The first kappa shape index (κ1) is 10.5. The van der Waals surface area contributed by atoms with Gasteiger partial charge in [0, 0.05) is 24.5 Å². The lowest BCUT2D eigenvalue weighted by Gasteiger charge is -2.33. The number of rotatable bonds is 2. The van der Waals surface area contributed by atoms with Crippen molar-refractivity contribution < 1.29 is 4.79 Å². The molecular weight excluding hydrogens is 164 g/mol. The second-order valence-electron chi connectivity index (χ2n) is 4.54. The van der Waals surface area contributed by atoms with Gasteiger partial charge in [-0.15, -0.1) is 0 Å². The van der Waals surface area contributed by atoms with Crippen LogP contribution in [-0.2, 0) is 4.79 Å². The van der Waals surface area contributed by atoms with E-state index in [2.05, 4.69) is 13.8 Å². The van der Waals surface area contributed by atoms with Crippen molar-refractivity contribution in [3.8, 4) is 0 Å². The van der Waals surface area contributed by atoms with Gasteiger partial charge in [0.2, 0.25) is 5.91 Å². The number of likely N-dealkylation sites (tertiary alicyclic amines) is 1. The lowest BCUT2D eigenvalue weighted by molar-refractivity contribution is -0.137. The maximum absolute atomic E-state index is 11.8. The van der Waals surface area contributed by atoms with Crippen molar-refractivity contribution in [2.75, 3.05) is 13.1 Å². The van der Waals surface area contributed by atoms with Crippen molar-refractivity contribution >= 4 is 5.91 Å². The lowest BCUT2D eigenvalue weighted by Crippen LogP contribution is -2.46. The Morgan fingerprint density at radius 2 is 2.23 bits per heavy atom. The van der Waals surface area contributed by atoms with Crippen LogP contribution in [0.15, 0.2) is 0 Å². The van der Waals surface area contributed by atoms with Crippen molar-refractivity contribution in [3.63, 3.8) is 0 Å². The molecule has 1 fully saturated rings. The van der Waals surface area contributed by atoms with Gasteiger partial charge in [0.1, 0.15) is 0 Å². The zero-order chi connectivity index (χ0) is 10.1. The molecule has 0 radical (unpaired) electrons. The highest BCUT2D eigenvalue weighted by Gasteiger charge is 2.36. The van der Waals surface area contributed by atoms with Crippen LogP contribution in [0.25, 0.3) is 0 Å². The standard InChI is InChI=1S/C10H20N2O/c1-8(7-11)9(13)12-6-4-5-10(12,2)3/h8H,4-7,11H2,1-3H3. The molecule has 1 amide bonds. The highest BCUT2D eigenvalue weighted by Crippen LogP contribution is 2.29. The summed E-state index contributed by atoms with van der Waals surface area (Å²) in [6.07, 6.45) is 2.23. The molecule has 1 heterocycles. The molecule has 3 nitrogen and oxygen atoms in total. The molecule has 1 unspecified atom stereocenters. The Hall–Kier alpha value is -0.570. The molecule has 2 N–H and O–H groups in total. The fraction of sp³-hybridized carbons (Fsp3) is 0.900. The third-order valence-corrected chi connectivity index (χ3v) is 2.94. The van der Waals surface area contributed by atoms with Crippen LogP contribution < -0.4 is 5.73 Å². The van der Waals surface area contributed by atoms with Gasteiger partial charge in [0.15, 0.2) is 0 Å². The van der Waals surface area contributed by atoms with Crippen LogP contribution in [0, 0.1) is 5.92 Å². The summed E-state index contributed by atoms with van der Waals surface area (Å²) >= 11 is 0.